The van der Waals surface area contributed by atoms with Crippen LogP contribution in [0.3, 0.4) is 0 Å². The summed E-state index contributed by atoms with van der Waals surface area (Å²) < 4.78 is 0. The van der Waals surface area contributed by atoms with Gasteiger partial charge in [0.15, 0.2) is 0 Å². The molecule has 0 saturated carbocycles. The Labute approximate surface area is 98.7 Å². The number of aliphatic imine (C=N–C) groups is 1. The van der Waals surface area contributed by atoms with Gasteiger partial charge in [-0.25, -0.2) is 0 Å². The summed E-state index contributed by atoms with van der Waals surface area (Å²) in [7, 11) is 0. The minimum absolute atomic E-state index is 0.366. The van der Waals surface area contributed by atoms with E-state index in [2.05, 4.69) is 55.8 Å². The zero-order valence-corrected chi connectivity index (χ0v) is 10.8. The van der Waals surface area contributed by atoms with E-state index in [4.69, 9.17) is 0 Å². The Kier molecular flexibility index (Phi) is 2.92. The van der Waals surface area contributed by atoms with Crippen LogP contribution in [0.25, 0.3) is 0 Å². The van der Waals surface area contributed by atoms with Crippen molar-refractivity contribution in [1.82, 2.24) is 4.90 Å². The SMILES string of the molecule is CC1=CC=CC2C1N=CN2CCC(C)(C)C. The molecule has 0 aromatic carbocycles. The van der Waals surface area contributed by atoms with Gasteiger partial charge in [0.05, 0.1) is 18.4 Å². The summed E-state index contributed by atoms with van der Waals surface area (Å²) in [5, 5.41) is 0. The molecule has 2 heteroatoms. The highest BCUT2D eigenvalue weighted by Gasteiger charge is 2.31. The summed E-state index contributed by atoms with van der Waals surface area (Å²) in [6, 6.07) is 0.831. The number of hydrogen-bond acceptors (Lipinski definition) is 2. The molecule has 2 aliphatic rings. The average molecular weight is 218 g/mol. The van der Waals surface area contributed by atoms with Crippen molar-refractivity contribution < 1.29 is 0 Å². The van der Waals surface area contributed by atoms with Gasteiger partial charge in [0.2, 0.25) is 0 Å². The molecule has 16 heavy (non-hydrogen) atoms. The van der Waals surface area contributed by atoms with Crippen LogP contribution in [0.5, 0.6) is 0 Å². The van der Waals surface area contributed by atoms with Gasteiger partial charge in [-0.3, -0.25) is 4.99 Å². The normalized spacial score (nSPS) is 28.2. The number of allylic oxidation sites excluding steroid dienone is 2. The molecular formula is C14H22N2. The molecule has 0 N–H and O–H groups in total. The molecule has 0 saturated heterocycles. The minimum atomic E-state index is 0.366. The van der Waals surface area contributed by atoms with Gasteiger partial charge < -0.3 is 4.90 Å². The van der Waals surface area contributed by atoms with E-state index in [9.17, 15) is 0 Å². The lowest BCUT2D eigenvalue weighted by Crippen LogP contribution is -2.38. The molecule has 0 fully saturated rings. The fourth-order valence-electron chi connectivity index (χ4n) is 2.20. The third kappa shape index (κ3) is 2.37. The number of nitrogens with zero attached hydrogens (tertiary/aromatic N) is 2. The minimum Gasteiger partial charge on any atom is -0.354 e. The molecule has 88 valence electrons. The van der Waals surface area contributed by atoms with Crippen LogP contribution in [0.4, 0.5) is 0 Å². The van der Waals surface area contributed by atoms with Crippen molar-refractivity contribution in [3.05, 3.63) is 23.8 Å². The predicted molar refractivity (Wildman–Crippen MR) is 69.7 cm³/mol. The average Bonchev–Trinajstić information content (AvgIpc) is 2.58. The topological polar surface area (TPSA) is 15.6 Å². The van der Waals surface area contributed by atoms with E-state index in [-0.39, 0.29) is 0 Å². The second-order valence-electron chi connectivity index (χ2n) is 6.04. The monoisotopic (exact) mass is 218 g/mol. The van der Waals surface area contributed by atoms with Crippen LogP contribution in [0, 0.1) is 5.41 Å². The van der Waals surface area contributed by atoms with Crippen molar-refractivity contribution in [2.45, 2.75) is 46.2 Å². The molecule has 1 aliphatic heterocycles. The van der Waals surface area contributed by atoms with E-state index < -0.39 is 0 Å². The molecule has 0 radical (unpaired) electrons. The summed E-state index contributed by atoms with van der Waals surface area (Å²) in [5.41, 5.74) is 1.77. The van der Waals surface area contributed by atoms with E-state index in [1.165, 1.54) is 12.0 Å². The van der Waals surface area contributed by atoms with Crippen LogP contribution < -0.4 is 0 Å². The summed E-state index contributed by atoms with van der Waals surface area (Å²) in [6.45, 7) is 10.1. The molecular weight excluding hydrogens is 196 g/mol. The Hall–Kier alpha value is -1.05. The Morgan fingerprint density at radius 1 is 1.38 bits per heavy atom. The first-order valence-electron chi connectivity index (χ1n) is 6.11. The zero-order chi connectivity index (χ0) is 11.8. The highest BCUT2D eigenvalue weighted by atomic mass is 15.2. The molecule has 0 amide bonds. The maximum Gasteiger partial charge on any atom is 0.0966 e. The van der Waals surface area contributed by atoms with Gasteiger partial charge >= 0.3 is 0 Å². The van der Waals surface area contributed by atoms with Crippen LogP contribution in [0.1, 0.15) is 34.1 Å². The van der Waals surface area contributed by atoms with Crippen LogP contribution in [-0.4, -0.2) is 29.9 Å². The van der Waals surface area contributed by atoms with Crippen molar-refractivity contribution in [2.24, 2.45) is 10.4 Å². The summed E-state index contributed by atoms with van der Waals surface area (Å²) in [5.74, 6) is 0. The van der Waals surface area contributed by atoms with Gasteiger partial charge in [-0.05, 0) is 24.3 Å². The summed E-state index contributed by atoms with van der Waals surface area (Å²) in [4.78, 5) is 6.98. The Morgan fingerprint density at radius 3 is 2.81 bits per heavy atom. The van der Waals surface area contributed by atoms with Gasteiger partial charge in [-0.15, -0.1) is 0 Å². The van der Waals surface area contributed by atoms with E-state index in [1.54, 1.807) is 0 Å². The molecule has 2 unspecified atom stereocenters. The first-order chi connectivity index (χ1) is 7.47. The Balaban J connectivity index is 1.98. The van der Waals surface area contributed by atoms with Crippen molar-refractivity contribution in [3.8, 4) is 0 Å². The van der Waals surface area contributed by atoms with E-state index in [0.29, 0.717) is 17.5 Å². The first kappa shape index (κ1) is 11.4. The van der Waals surface area contributed by atoms with Crippen LogP contribution >= 0.6 is 0 Å². The van der Waals surface area contributed by atoms with Crippen LogP contribution in [0.2, 0.25) is 0 Å². The van der Waals surface area contributed by atoms with Crippen LogP contribution in [-0.2, 0) is 0 Å². The highest BCUT2D eigenvalue weighted by molar-refractivity contribution is 5.62. The maximum absolute atomic E-state index is 4.60. The summed E-state index contributed by atoms with van der Waals surface area (Å²) in [6.07, 6.45) is 9.85. The zero-order valence-electron chi connectivity index (χ0n) is 10.8. The fraction of sp³-hybridized carbons (Fsp3) is 0.643. The second-order valence-corrected chi connectivity index (χ2v) is 6.04. The first-order valence-corrected chi connectivity index (χ1v) is 6.11. The van der Waals surface area contributed by atoms with E-state index in [1.807, 2.05) is 6.34 Å². The van der Waals surface area contributed by atoms with Crippen molar-refractivity contribution >= 4 is 6.34 Å². The van der Waals surface area contributed by atoms with Gasteiger partial charge in [0.1, 0.15) is 0 Å². The smallest absolute Gasteiger partial charge is 0.0966 e. The molecule has 1 aliphatic carbocycles. The molecule has 2 rings (SSSR count). The molecule has 2 nitrogen and oxygen atoms in total. The Bertz CT molecular complexity index is 344. The molecule has 2 atom stereocenters. The standard InChI is InChI=1S/C14H22N2/c1-11-6-5-7-12-13(11)15-10-16(12)9-8-14(2,3)4/h5-7,10,12-13H,8-9H2,1-4H3. The van der Waals surface area contributed by atoms with Gasteiger partial charge in [-0.2, -0.15) is 0 Å². The number of hydrogen-bond donors (Lipinski definition) is 0. The lowest BCUT2D eigenvalue weighted by Gasteiger charge is -2.30. The second kappa shape index (κ2) is 4.08. The van der Waals surface area contributed by atoms with E-state index >= 15 is 0 Å². The molecule has 1 heterocycles. The maximum atomic E-state index is 4.60. The lowest BCUT2D eigenvalue weighted by atomic mass is 9.91. The molecule has 0 spiro atoms. The van der Waals surface area contributed by atoms with Crippen molar-refractivity contribution in [2.75, 3.05) is 6.54 Å². The van der Waals surface area contributed by atoms with Crippen molar-refractivity contribution in [1.29, 1.82) is 0 Å². The summed E-state index contributed by atoms with van der Waals surface area (Å²) >= 11 is 0. The van der Waals surface area contributed by atoms with Gasteiger partial charge in [-0.1, -0.05) is 39.0 Å². The quantitative estimate of drug-likeness (QED) is 0.695. The third-order valence-electron chi connectivity index (χ3n) is 3.34. The molecule has 0 aromatic rings. The van der Waals surface area contributed by atoms with Crippen molar-refractivity contribution in [3.63, 3.8) is 0 Å². The molecule has 0 aromatic heterocycles. The largest absolute Gasteiger partial charge is 0.354 e. The number of fused-ring (bicyclic) bond motifs is 1. The Morgan fingerprint density at radius 2 is 2.12 bits per heavy atom. The predicted octanol–water partition coefficient (Wildman–Crippen LogP) is 3.02. The van der Waals surface area contributed by atoms with E-state index in [0.717, 1.165) is 6.54 Å². The fourth-order valence-corrected chi connectivity index (χ4v) is 2.20. The van der Waals surface area contributed by atoms with Gasteiger partial charge in [0, 0.05) is 6.54 Å². The van der Waals surface area contributed by atoms with Gasteiger partial charge in [0.25, 0.3) is 0 Å². The lowest BCUT2D eigenvalue weighted by molar-refractivity contribution is 0.289. The molecule has 0 bridgehead atoms. The highest BCUT2D eigenvalue weighted by Crippen LogP contribution is 2.27. The van der Waals surface area contributed by atoms with Crippen LogP contribution in [0.15, 0.2) is 28.8 Å². The third-order valence-corrected chi connectivity index (χ3v) is 3.34. The number of rotatable bonds is 2.